The van der Waals surface area contributed by atoms with Crippen molar-refractivity contribution in [2.45, 2.75) is 6.29 Å². The second-order valence-corrected chi connectivity index (χ2v) is 5.34. The predicted molar refractivity (Wildman–Crippen MR) is 88.0 cm³/mol. The third-order valence-electron chi connectivity index (χ3n) is 4.01. The van der Waals surface area contributed by atoms with E-state index in [9.17, 15) is 10.2 Å². The van der Waals surface area contributed by atoms with Crippen molar-refractivity contribution < 1.29 is 10.2 Å². The van der Waals surface area contributed by atoms with Gasteiger partial charge in [-0.25, -0.2) is 0 Å². The van der Waals surface area contributed by atoms with Gasteiger partial charge in [0.2, 0.25) is 0 Å². The number of hydrogen-bond acceptors (Lipinski definition) is 2. The van der Waals surface area contributed by atoms with Gasteiger partial charge in [-0.2, -0.15) is 0 Å². The number of aliphatic hydroxyl groups is 2. The van der Waals surface area contributed by atoms with E-state index in [-0.39, 0.29) is 0 Å². The number of fused-ring (bicyclic) bond motifs is 3. The zero-order valence-corrected chi connectivity index (χ0v) is 11.8. The first-order chi connectivity index (χ1) is 10.8. The molecule has 3 heteroatoms. The van der Waals surface area contributed by atoms with E-state index in [2.05, 4.69) is 28.8 Å². The van der Waals surface area contributed by atoms with Gasteiger partial charge in [0, 0.05) is 22.0 Å². The Morgan fingerprint density at radius 1 is 0.682 bits per heavy atom. The second-order valence-electron chi connectivity index (χ2n) is 5.34. The van der Waals surface area contributed by atoms with Crippen LogP contribution in [0.25, 0.3) is 27.5 Å². The van der Waals surface area contributed by atoms with Crippen LogP contribution in [-0.2, 0) is 0 Å². The first-order valence-corrected chi connectivity index (χ1v) is 7.20. The van der Waals surface area contributed by atoms with Crippen molar-refractivity contribution >= 4 is 21.8 Å². The van der Waals surface area contributed by atoms with Crippen molar-refractivity contribution in [3.8, 4) is 5.69 Å². The summed E-state index contributed by atoms with van der Waals surface area (Å²) in [4.78, 5) is 0. The predicted octanol–water partition coefficient (Wildman–Crippen LogP) is 3.77. The topological polar surface area (TPSA) is 45.4 Å². The van der Waals surface area contributed by atoms with Gasteiger partial charge in [0.1, 0.15) is 0 Å². The Morgan fingerprint density at radius 3 is 2.14 bits per heavy atom. The molecule has 4 rings (SSSR count). The molecule has 22 heavy (non-hydrogen) atoms. The molecule has 1 heterocycles. The van der Waals surface area contributed by atoms with Gasteiger partial charge in [-0.3, -0.25) is 0 Å². The average Bonchev–Trinajstić information content (AvgIpc) is 2.89. The van der Waals surface area contributed by atoms with E-state index in [1.807, 2.05) is 42.5 Å². The summed E-state index contributed by atoms with van der Waals surface area (Å²) in [6.45, 7) is 0. The Kier molecular flexibility index (Phi) is 2.96. The lowest BCUT2D eigenvalue weighted by Crippen LogP contribution is -1.95. The van der Waals surface area contributed by atoms with E-state index in [0.29, 0.717) is 5.56 Å². The van der Waals surface area contributed by atoms with Gasteiger partial charge in [-0.1, -0.05) is 42.5 Å². The number of aromatic nitrogens is 1. The van der Waals surface area contributed by atoms with E-state index >= 15 is 0 Å². The zero-order valence-electron chi connectivity index (χ0n) is 11.8. The molecule has 2 N–H and O–H groups in total. The molecule has 0 radical (unpaired) electrons. The third-order valence-corrected chi connectivity index (χ3v) is 4.01. The van der Waals surface area contributed by atoms with Crippen molar-refractivity contribution in [3.05, 3.63) is 78.4 Å². The molecule has 4 aromatic rings. The van der Waals surface area contributed by atoms with Crippen molar-refractivity contribution in [2.75, 3.05) is 0 Å². The molecule has 3 aromatic carbocycles. The lowest BCUT2D eigenvalue weighted by Gasteiger charge is -2.08. The van der Waals surface area contributed by atoms with Crippen LogP contribution in [0, 0.1) is 0 Å². The van der Waals surface area contributed by atoms with E-state index in [4.69, 9.17) is 0 Å². The minimum atomic E-state index is -1.46. The quantitative estimate of drug-likeness (QED) is 0.552. The van der Waals surface area contributed by atoms with Crippen LogP contribution >= 0.6 is 0 Å². The van der Waals surface area contributed by atoms with Crippen LogP contribution in [0.1, 0.15) is 11.9 Å². The maximum atomic E-state index is 9.43. The summed E-state index contributed by atoms with van der Waals surface area (Å²) in [5, 5.41) is 21.0. The smallest absolute Gasteiger partial charge is 0.178 e. The summed E-state index contributed by atoms with van der Waals surface area (Å²) in [7, 11) is 0. The summed E-state index contributed by atoms with van der Waals surface area (Å²) in [5.41, 5.74) is 3.75. The lowest BCUT2D eigenvalue weighted by atomic mass is 10.1. The van der Waals surface area contributed by atoms with E-state index in [1.54, 1.807) is 6.07 Å². The molecule has 1 aromatic heterocycles. The third kappa shape index (κ3) is 1.91. The zero-order chi connectivity index (χ0) is 15.1. The van der Waals surface area contributed by atoms with E-state index in [1.165, 1.54) is 0 Å². The molecule has 0 spiro atoms. The number of nitrogens with zero attached hydrogens (tertiary/aromatic N) is 1. The molecular weight excluding hydrogens is 274 g/mol. The molecule has 0 aliphatic carbocycles. The Hall–Kier alpha value is -2.62. The minimum Gasteiger partial charge on any atom is -0.364 e. The summed E-state index contributed by atoms with van der Waals surface area (Å²) < 4.78 is 2.19. The molecule has 0 fully saturated rings. The summed E-state index contributed by atoms with van der Waals surface area (Å²) in [6, 6.07) is 23.9. The van der Waals surface area contributed by atoms with Gasteiger partial charge in [-0.15, -0.1) is 0 Å². The molecule has 0 saturated carbocycles. The van der Waals surface area contributed by atoms with Crippen LogP contribution in [0.15, 0.2) is 72.8 Å². The maximum absolute atomic E-state index is 9.43. The van der Waals surface area contributed by atoms with Crippen molar-refractivity contribution in [1.82, 2.24) is 4.57 Å². The first-order valence-electron chi connectivity index (χ1n) is 7.20. The highest BCUT2D eigenvalue weighted by Gasteiger charge is 2.13. The monoisotopic (exact) mass is 289 g/mol. The number of rotatable bonds is 2. The Morgan fingerprint density at radius 2 is 1.36 bits per heavy atom. The second kappa shape index (κ2) is 4.98. The fourth-order valence-electron chi connectivity index (χ4n) is 3.01. The fourth-order valence-corrected chi connectivity index (χ4v) is 3.01. The van der Waals surface area contributed by atoms with Crippen molar-refractivity contribution in [3.63, 3.8) is 0 Å². The molecular formula is C19H15NO2. The van der Waals surface area contributed by atoms with Gasteiger partial charge in [-0.05, 0) is 30.3 Å². The molecule has 0 amide bonds. The van der Waals surface area contributed by atoms with Crippen molar-refractivity contribution in [1.29, 1.82) is 0 Å². The molecule has 3 nitrogen and oxygen atoms in total. The molecule has 0 aliphatic rings. The van der Waals surface area contributed by atoms with E-state index < -0.39 is 6.29 Å². The Labute approximate surface area is 127 Å². The molecule has 0 saturated heterocycles. The molecule has 0 atom stereocenters. The van der Waals surface area contributed by atoms with Crippen LogP contribution in [0.2, 0.25) is 0 Å². The SMILES string of the molecule is OC(O)c1ccc2c(c1)c1ccccc1n2-c1ccccc1. The fraction of sp³-hybridized carbons (Fsp3) is 0.0526. The number of hydrogen-bond donors (Lipinski definition) is 2. The number of aliphatic hydroxyl groups excluding tert-OH is 1. The largest absolute Gasteiger partial charge is 0.364 e. The van der Waals surface area contributed by atoms with Crippen molar-refractivity contribution in [2.24, 2.45) is 0 Å². The number of para-hydroxylation sites is 2. The van der Waals surface area contributed by atoms with Gasteiger partial charge in [0.05, 0.1) is 11.0 Å². The van der Waals surface area contributed by atoms with Crippen LogP contribution in [-0.4, -0.2) is 14.8 Å². The van der Waals surface area contributed by atoms with Gasteiger partial charge in [0.15, 0.2) is 6.29 Å². The van der Waals surface area contributed by atoms with Gasteiger partial charge < -0.3 is 14.8 Å². The Balaban J connectivity index is 2.14. The number of benzene rings is 3. The minimum absolute atomic E-state index is 0.503. The van der Waals surface area contributed by atoms with E-state index in [0.717, 1.165) is 27.5 Å². The highest BCUT2D eigenvalue weighted by molar-refractivity contribution is 6.09. The summed E-state index contributed by atoms with van der Waals surface area (Å²) >= 11 is 0. The lowest BCUT2D eigenvalue weighted by molar-refractivity contribution is -0.0423. The molecule has 0 unspecified atom stereocenters. The highest BCUT2D eigenvalue weighted by atomic mass is 16.5. The molecule has 0 aliphatic heterocycles. The molecule has 108 valence electrons. The normalized spacial score (nSPS) is 11.6. The highest BCUT2D eigenvalue weighted by Crippen LogP contribution is 2.33. The molecule has 0 bridgehead atoms. The van der Waals surface area contributed by atoms with Crippen LogP contribution in [0.5, 0.6) is 0 Å². The Bertz CT molecular complexity index is 955. The first kappa shape index (κ1) is 13.1. The van der Waals surface area contributed by atoms with Crippen LogP contribution in [0.3, 0.4) is 0 Å². The summed E-state index contributed by atoms with van der Waals surface area (Å²) in [6.07, 6.45) is -1.46. The maximum Gasteiger partial charge on any atom is 0.178 e. The van der Waals surface area contributed by atoms with Gasteiger partial charge >= 0.3 is 0 Å². The van der Waals surface area contributed by atoms with Crippen LogP contribution < -0.4 is 0 Å². The van der Waals surface area contributed by atoms with Gasteiger partial charge in [0.25, 0.3) is 0 Å². The van der Waals surface area contributed by atoms with Crippen LogP contribution in [0.4, 0.5) is 0 Å². The summed E-state index contributed by atoms with van der Waals surface area (Å²) in [5.74, 6) is 0. The standard InChI is InChI=1S/C19H15NO2/c21-19(22)13-10-11-18-16(12-13)15-8-4-5-9-17(15)20(18)14-6-2-1-3-7-14/h1-12,19,21-22H. The average molecular weight is 289 g/mol.